The first-order valence-electron chi connectivity index (χ1n) is 10.7. The van der Waals surface area contributed by atoms with E-state index in [1.54, 1.807) is 26.3 Å². The molecule has 2 aromatic carbocycles. The van der Waals surface area contributed by atoms with Crippen LogP contribution in [0.1, 0.15) is 12.5 Å². The number of aryl methyl sites for hydroxylation is 1. The molecule has 1 aliphatic rings. The number of aromatic nitrogens is 4. The number of anilines is 2. The number of rotatable bonds is 4. The monoisotopic (exact) mass is 449 g/mol. The van der Waals surface area contributed by atoms with Crippen LogP contribution >= 0.6 is 0 Å². The van der Waals surface area contributed by atoms with E-state index in [1.807, 2.05) is 28.8 Å². The molecule has 33 heavy (non-hydrogen) atoms. The summed E-state index contributed by atoms with van der Waals surface area (Å²) in [7, 11) is 3.24. The number of imidazole rings is 1. The van der Waals surface area contributed by atoms with Gasteiger partial charge in [-0.25, -0.2) is 9.18 Å². The van der Waals surface area contributed by atoms with Gasteiger partial charge in [0, 0.05) is 25.8 Å². The van der Waals surface area contributed by atoms with Gasteiger partial charge in [0.25, 0.3) is 5.56 Å². The van der Waals surface area contributed by atoms with E-state index in [0.29, 0.717) is 29.2 Å². The summed E-state index contributed by atoms with van der Waals surface area (Å²) in [6.45, 7) is 3.51. The van der Waals surface area contributed by atoms with E-state index < -0.39 is 11.2 Å². The van der Waals surface area contributed by atoms with Crippen LogP contribution in [0.15, 0.2) is 58.1 Å². The summed E-state index contributed by atoms with van der Waals surface area (Å²) in [4.78, 5) is 33.4. The van der Waals surface area contributed by atoms with Gasteiger partial charge in [-0.05, 0) is 47.9 Å². The first kappa shape index (κ1) is 21.0. The van der Waals surface area contributed by atoms with Crippen molar-refractivity contribution in [3.63, 3.8) is 0 Å². The second-order valence-corrected chi connectivity index (χ2v) is 8.47. The van der Waals surface area contributed by atoms with Crippen LogP contribution in [0.2, 0.25) is 0 Å². The SMILES string of the molecule is COc1ccc(N2C[C@H](C)Cn3c2nc2c3c(=O)n(Cc3ccc(F)cc3)c(=O)n2C)cc1. The molecule has 3 heterocycles. The predicted molar refractivity (Wildman–Crippen MR) is 124 cm³/mol. The van der Waals surface area contributed by atoms with Gasteiger partial charge in [-0.2, -0.15) is 4.98 Å². The van der Waals surface area contributed by atoms with Crippen molar-refractivity contribution < 1.29 is 9.13 Å². The van der Waals surface area contributed by atoms with Crippen LogP contribution in [-0.2, 0) is 20.1 Å². The summed E-state index contributed by atoms with van der Waals surface area (Å²) in [5, 5.41) is 0. The number of benzene rings is 2. The lowest BCUT2D eigenvalue weighted by Gasteiger charge is -2.33. The third-order valence-electron chi connectivity index (χ3n) is 6.08. The number of hydrogen-bond donors (Lipinski definition) is 0. The molecule has 0 N–H and O–H groups in total. The lowest BCUT2D eigenvalue weighted by Crippen LogP contribution is -2.40. The van der Waals surface area contributed by atoms with Gasteiger partial charge in [0.1, 0.15) is 11.6 Å². The normalized spacial score (nSPS) is 15.6. The molecule has 0 saturated heterocycles. The molecule has 0 aliphatic carbocycles. The van der Waals surface area contributed by atoms with Crippen LogP contribution < -0.4 is 20.9 Å². The highest BCUT2D eigenvalue weighted by Crippen LogP contribution is 2.33. The molecule has 9 heteroatoms. The molecule has 0 amide bonds. The Balaban J connectivity index is 1.68. The van der Waals surface area contributed by atoms with Gasteiger partial charge in [-0.3, -0.25) is 13.9 Å². The van der Waals surface area contributed by atoms with E-state index in [-0.39, 0.29) is 18.3 Å². The average Bonchev–Trinajstić information content (AvgIpc) is 3.21. The summed E-state index contributed by atoms with van der Waals surface area (Å²) in [6.07, 6.45) is 0. The summed E-state index contributed by atoms with van der Waals surface area (Å²) in [5.41, 5.74) is 1.47. The Labute approximate surface area is 189 Å². The Hall–Kier alpha value is -3.88. The molecule has 0 spiro atoms. The zero-order chi connectivity index (χ0) is 23.3. The van der Waals surface area contributed by atoms with Crippen molar-refractivity contribution >= 4 is 22.8 Å². The van der Waals surface area contributed by atoms with Gasteiger partial charge in [0.15, 0.2) is 11.2 Å². The Bertz CT molecular complexity index is 1450. The van der Waals surface area contributed by atoms with E-state index in [2.05, 4.69) is 11.8 Å². The van der Waals surface area contributed by atoms with Crippen LogP contribution in [0.25, 0.3) is 11.2 Å². The van der Waals surface area contributed by atoms with Gasteiger partial charge in [0.2, 0.25) is 5.95 Å². The number of methoxy groups -OCH3 is 1. The molecule has 8 nitrogen and oxygen atoms in total. The van der Waals surface area contributed by atoms with Gasteiger partial charge in [0.05, 0.1) is 13.7 Å². The lowest BCUT2D eigenvalue weighted by atomic mass is 10.1. The van der Waals surface area contributed by atoms with Crippen molar-refractivity contribution in [1.29, 1.82) is 0 Å². The first-order chi connectivity index (χ1) is 15.9. The van der Waals surface area contributed by atoms with Crippen molar-refractivity contribution in [2.24, 2.45) is 13.0 Å². The Kier molecular flexibility index (Phi) is 5.03. The van der Waals surface area contributed by atoms with E-state index >= 15 is 0 Å². The molecule has 0 radical (unpaired) electrons. The van der Waals surface area contributed by atoms with Crippen molar-refractivity contribution in [2.75, 3.05) is 18.6 Å². The number of halogens is 1. The maximum atomic E-state index is 13.5. The largest absolute Gasteiger partial charge is 0.497 e. The van der Waals surface area contributed by atoms with Crippen molar-refractivity contribution in [1.82, 2.24) is 18.7 Å². The molecule has 0 fully saturated rings. The van der Waals surface area contributed by atoms with Crippen molar-refractivity contribution in [3.05, 3.63) is 80.7 Å². The highest BCUT2D eigenvalue weighted by Gasteiger charge is 2.29. The fraction of sp³-hybridized carbons (Fsp3) is 0.292. The first-order valence-corrected chi connectivity index (χ1v) is 10.7. The molecule has 1 atom stereocenters. The smallest absolute Gasteiger partial charge is 0.332 e. The number of hydrogen-bond acceptors (Lipinski definition) is 5. The minimum atomic E-state index is -0.462. The minimum Gasteiger partial charge on any atom is -0.497 e. The van der Waals surface area contributed by atoms with Crippen LogP contribution in [-0.4, -0.2) is 32.3 Å². The van der Waals surface area contributed by atoms with E-state index in [1.165, 1.54) is 21.3 Å². The Morgan fingerprint density at radius 3 is 2.42 bits per heavy atom. The number of ether oxygens (including phenoxy) is 1. The van der Waals surface area contributed by atoms with Crippen LogP contribution in [0.3, 0.4) is 0 Å². The molecule has 5 rings (SSSR count). The van der Waals surface area contributed by atoms with Crippen molar-refractivity contribution in [3.8, 4) is 5.75 Å². The second kappa shape index (κ2) is 7.91. The van der Waals surface area contributed by atoms with Gasteiger partial charge in [-0.1, -0.05) is 19.1 Å². The third-order valence-corrected chi connectivity index (χ3v) is 6.08. The molecular weight excluding hydrogens is 425 g/mol. The predicted octanol–water partition coefficient (Wildman–Crippen LogP) is 2.88. The summed E-state index contributed by atoms with van der Waals surface area (Å²) in [5.74, 6) is 1.26. The highest BCUT2D eigenvalue weighted by molar-refractivity contribution is 5.77. The Morgan fingerprint density at radius 2 is 1.76 bits per heavy atom. The molecule has 0 bridgehead atoms. The molecular formula is C24H24FN5O3. The van der Waals surface area contributed by atoms with Crippen LogP contribution in [0.4, 0.5) is 16.0 Å². The zero-order valence-corrected chi connectivity index (χ0v) is 18.7. The highest BCUT2D eigenvalue weighted by atomic mass is 19.1. The molecule has 0 saturated carbocycles. The standard InChI is InChI=1S/C24H24FN5O3/c1-15-12-28(18-8-10-19(33-3)11-9-18)23-26-21-20(29(23)13-15)22(31)30(24(32)27(21)2)14-16-4-6-17(25)7-5-16/h4-11,15H,12-14H2,1-3H3/t15-/m0/s1. The van der Waals surface area contributed by atoms with Crippen LogP contribution in [0, 0.1) is 11.7 Å². The quantitative estimate of drug-likeness (QED) is 0.479. The molecule has 4 aromatic rings. The molecule has 2 aromatic heterocycles. The maximum Gasteiger partial charge on any atom is 0.332 e. The average molecular weight is 449 g/mol. The van der Waals surface area contributed by atoms with E-state index in [9.17, 15) is 14.0 Å². The van der Waals surface area contributed by atoms with E-state index in [0.717, 1.165) is 18.0 Å². The fourth-order valence-corrected chi connectivity index (χ4v) is 4.40. The van der Waals surface area contributed by atoms with E-state index in [4.69, 9.17) is 9.72 Å². The van der Waals surface area contributed by atoms with Crippen molar-refractivity contribution in [2.45, 2.75) is 20.0 Å². The molecule has 1 aliphatic heterocycles. The van der Waals surface area contributed by atoms with Gasteiger partial charge >= 0.3 is 5.69 Å². The summed E-state index contributed by atoms with van der Waals surface area (Å²) < 4.78 is 23.1. The maximum absolute atomic E-state index is 13.5. The molecule has 170 valence electrons. The van der Waals surface area contributed by atoms with Gasteiger partial charge in [-0.15, -0.1) is 0 Å². The fourth-order valence-electron chi connectivity index (χ4n) is 4.40. The van der Waals surface area contributed by atoms with Crippen LogP contribution in [0.5, 0.6) is 5.75 Å². The zero-order valence-electron chi connectivity index (χ0n) is 18.7. The topological polar surface area (TPSA) is 74.3 Å². The molecule has 0 unspecified atom stereocenters. The lowest BCUT2D eigenvalue weighted by molar-refractivity contribution is 0.414. The Morgan fingerprint density at radius 1 is 1.06 bits per heavy atom. The second-order valence-electron chi connectivity index (χ2n) is 8.47. The number of nitrogens with zero attached hydrogens (tertiary/aromatic N) is 5. The summed E-state index contributed by atoms with van der Waals surface area (Å²) in [6, 6.07) is 13.4. The minimum absolute atomic E-state index is 0.0555. The summed E-state index contributed by atoms with van der Waals surface area (Å²) >= 11 is 0. The third kappa shape index (κ3) is 3.49. The number of fused-ring (bicyclic) bond motifs is 3. The van der Waals surface area contributed by atoms with Gasteiger partial charge < -0.3 is 14.2 Å².